The number of aliphatic hydroxyl groups is 4. The van der Waals surface area contributed by atoms with Crippen molar-refractivity contribution in [2.24, 2.45) is 0 Å². The van der Waals surface area contributed by atoms with Crippen molar-refractivity contribution in [2.45, 2.75) is 36.3 Å². The standard InChI is InChI=1S/C38H42O10/c39-17-29(41)19-43-31-9-1-25(2-10-31)37(27-5-13-33(14-6-27)45-21-35-23-47-35)38(26-3-11-32(12-4-26)44-20-30(42)18-40)28-7-15-34(16-8-28)46-22-36-24-48-36/h1-16,29-30,35-42H,17-24H2. The van der Waals surface area contributed by atoms with Gasteiger partial charge in [0.1, 0.15) is 73.8 Å². The molecular weight excluding hydrogens is 616 g/mol. The van der Waals surface area contributed by atoms with Crippen LogP contribution in [0.2, 0.25) is 0 Å². The lowest BCUT2D eigenvalue weighted by molar-refractivity contribution is 0.0536. The maximum atomic E-state index is 9.77. The molecule has 2 fully saturated rings. The van der Waals surface area contributed by atoms with E-state index >= 15 is 0 Å². The molecule has 0 bridgehead atoms. The van der Waals surface area contributed by atoms with Crippen molar-refractivity contribution in [1.82, 2.24) is 0 Å². The maximum Gasteiger partial charge on any atom is 0.119 e. The number of ether oxygens (including phenoxy) is 6. The number of hydrogen-bond acceptors (Lipinski definition) is 10. The predicted octanol–water partition coefficient (Wildman–Crippen LogP) is 3.67. The Morgan fingerprint density at radius 1 is 0.479 bits per heavy atom. The highest BCUT2D eigenvalue weighted by atomic mass is 16.6. The summed E-state index contributed by atoms with van der Waals surface area (Å²) in [5.41, 5.74) is 4.20. The molecule has 10 nitrogen and oxygen atoms in total. The highest BCUT2D eigenvalue weighted by Crippen LogP contribution is 2.44. The Morgan fingerprint density at radius 2 is 0.750 bits per heavy atom. The molecule has 4 aromatic carbocycles. The van der Waals surface area contributed by atoms with E-state index in [0.717, 1.165) is 47.0 Å². The molecule has 0 aliphatic carbocycles. The van der Waals surface area contributed by atoms with Gasteiger partial charge in [0.15, 0.2) is 0 Å². The summed E-state index contributed by atoms with van der Waals surface area (Å²) in [7, 11) is 0. The topological polar surface area (TPSA) is 143 Å². The second-order valence-electron chi connectivity index (χ2n) is 12.1. The first-order chi connectivity index (χ1) is 23.5. The molecule has 6 unspecified atom stereocenters. The molecule has 10 heteroatoms. The number of benzene rings is 4. The van der Waals surface area contributed by atoms with Crippen LogP contribution >= 0.6 is 0 Å². The van der Waals surface area contributed by atoms with Gasteiger partial charge in [-0.25, -0.2) is 0 Å². The van der Waals surface area contributed by atoms with Crippen LogP contribution < -0.4 is 18.9 Å². The van der Waals surface area contributed by atoms with E-state index < -0.39 is 12.2 Å². The number of aliphatic hydroxyl groups excluding tert-OH is 4. The van der Waals surface area contributed by atoms with E-state index in [9.17, 15) is 20.4 Å². The summed E-state index contributed by atoms with van der Waals surface area (Å²) in [6.45, 7) is 1.71. The van der Waals surface area contributed by atoms with E-state index in [2.05, 4.69) is 24.3 Å². The minimum Gasteiger partial charge on any atom is -0.491 e. The van der Waals surface area contributed by atoms with Gasteiger partial charge in [-0.15, -0.1) is 0 Å². The second-order valence-corrected chi connectivity index (χ2v) is 12.1. The van der Waals surface area contributed by atoms with Crippen molar-refractivity contribution in [3.05, 3.63) is 119 Å². The molecule has 48 heavy (non-hydrogen) atoms. The summed E-state index contributed by atoms with van der Waals surface area (Å²) < 4.78 is 33.9. The fourth-order valence-electron chi connectivity index (χ4n) is 5.44. The van der Waals surface area contributed by atoms with Crippen LogP contribution in [0.3, 0.4) is 0 Å². The highest BCUT2D eigenvalue weighted by Gasteiger charge is 2.30. The van der Waals surface area contributed by atoms with Gasteiger partial charge in [-0.2, -0.15) is 0 Å². The summed E-state index contributed by atoms with van der Waals surface area (Å²) in [5.74, 6) is 2.39. The molecule has 0 saturated carbocycles. The molecule has 2 saturated heterocycles. The van der Waals surface area contributed by atoms with E-state index in [1.807, 2.05) is 72.8 Å². The first-order valence-electron chi connectivity index (χ1n) is 16.2. The lowest BCUT2D eigenvalue weighted by Crippen LogP contribution is -2.21. The monoisotopic (exact) mass is 658 g/mol. The van der Waals surface area contributed by atoms with Gasteiger partial charge in [0, 0.05) is 11.8 Å². The van der Waals surface area contributed by atoms with E-state index in [1.165, 1.54) is 0 Å². The summed E-state index contributed by atoms with van der Waals surface area (Å²) in [4.78, 5) is 0. The molecule has 4 aromatic rings. The second kappa shape index (κ2) is 16.3. The Balaban J connectivity index is 1.35. The van der Waals surface area contributed by atoms with Gasteiger partial charge in [-0.3, -0.25) is 0 Å². The largest absolute Gasteiger partial charge is 0.491 e. The number of hydrogen-bond donors (Lipinski definition) is 4. The van der Waals surface area contributed by atoms with Gasteiger partial charge >= 0.3 is 0 Å². The highest BCUT2D eigenvalue weighted by molar-refractivity contribution is 5.48. The van der Waals surface area contributed by atoms with Crippen LogP contribution in [0.4, 0.5) is 0 Å². The molecule has 6 rings (SSSR count). The van der Waals surface area contributed by atoms with Crippen molar-refractivity contribution in [2.75, 3.05) is 52.9 Å². The van der Waals surface area contributed by atoms with Crippen molar-refractivity contribution in [3.63, 3.8) is 0 Å². The van der Waals surface area contributed by atoms with Crippen molar-refractivity contribution in [3.8, 4) is 23.0 Å². The summed E-state index contributed by atoms with van der Waals surface area (Å²) in [6.07, 6.45) is -1.61. The smallest absolute Gasteiger partial charge is 0.119 e. The molecule has 0 amide bonds. The van der Waals surface area contributed by atoms with Gasteiger partial charge in [0.05, 0.1) is 26.4 Å². The Bertz CT molecular complexity index is 1420. The summed E-state index contributed by atoms with van der Waals surface area (Å²) in [5, 5.41) is 37.9. The van der Waals surface area contributed by atoms with Gasteiger partial charge in [0.2, 0.25) is 0 Å². The molecule has 4 N–H and O–H groups in total. The van der Waals surface area contributed by atoms with Crippen LogP contribution in [0.15, 0.2) is 97.1 Å². The predicted molar refractivity (Wildman–Crippen MR) is 177 cm³/mol. The number of rotatable bonds is 19. The third-order valence-corrected chi connectivity index (χ3v) is 8.27. The molecule has 0 spiro atoms. The first kappa shape index (κ1) is 33.7. The van der Waals surface area contributed by atoms with E-state index in [1.54, 1.807) is 0 Å². The molecule has 0 aromatic heterocycles. The zero-order valence-electron chi connectivity index (χ0n) is 26.6. The minimum absolute atomic E-state index is 0.0136. The SMILES string of the molecule is OCC(O)COc1ccc(C(c2ccc(OCC3CO3)cc2)C(c2ccc(OCC(O)CO)cc2)c2ccc(OCC3CO3)cc2)cc1. The van der Waals surface area contributed by atoms with Gasteiger partial charge in [-0.05, 0) is 70.8 Å². The van der Waals surface area contributed by atoms with Gasteiger partial charge in [0.25, 0.3) is 0 Å². The molecule has 2 aliphatic rings. The fraction of sp³-hybridized carbons (Fsp3) is 0.368. The molecular formula is C38H42O10. The zero-order valence-corrected chi connectivity index (χ0v) is 26.6. The third-order valence-electron chi connectivity index (χ3n) is 8.27. The molecule has 6 atom stereocenters. The third kappa shape index (κ3) is 9.47. The van der Waals surface area contributed by atoms with Crippen LogP contribution in [0.25, 0.3) is 0 Å². The first-order valence-corrected chi connectivity index (χ1v) is 16.2. The van der Waals surface area contributed by atoms with Crippen LogP contribution in [0, 0.1) is 0 Å². The Morgan fingerprint density at radius 3 is 1.00 bits per heavy atom. The van der Waals surface area contributed by atoms with Crippen molar-refractivity contribution < 1.29 is 48.8 Å². The van der Waals surface area contributed by atoms with Crippen LogP contribution in [0.1, 0.15) is 34.1 Å². The quantitative estimate of drug-likeness (QED) is 0.110. The average molecular weight is 659 g/mol. The lowest BCUT2D eigenvalue weighted by atomic mass is 9.73. The average Bonchev–Trinajstić information content (AvgIpc) is 4.08. The Kier molecular flexibility index (Phi) is 11.5. The van der Waals surface area contributed by atoms with E-state index in [0.29, 0.717) is 24.7 Å². The van der Waals surface area contributed by atoms with Gasteiger partial charge in [-0.1, -0.05) is 48.5 Å². The summed E-state index contributed by atoms with van der Waals surface area (Å²) >= 11 is 0. The summed E-state index contributed by atoms with van der Waals surface area (Å²) in [6, 6.07) is 31.9. The normalized spacial score (nSPS) is 19.1. The van der Waals surface area contributed by atoms with E-state index in [-0.39, 0.29) is 50.5 Å². The zero-order chi connectivity index (χ0) is 33.3. The van der Waals surface area contributed by atoms with E-state index in [4.69, 9.17) is 28.4 Å². The van der Waals surface area contributed by atoms with Crippen molar-refractivity contribution >= 4 is 0 Å². The molecule has 2 aliphatic heterocycles. The Hall–Kier alpha value is -4.16. The van der Waals surface area contributed by atoms with Crippen LogP contribution in [-0.4, -0.2) is 97.7 Å². The van der Waals surface area contributed by atoms with Gasteiger partial charge < -0.3 is 48.8 Å². The minimum atomic E-state index is -0.961. The lowest BCUT2D eigenvalue weighted by Gasteiger charge is -2.30. The number of epoxide rings is 2. The molecule has 2 heterocycles. The Labute approximate surface area is 280 Å². The molecule has 254 valence electrons. The maximum absolute atomic E-state index is 9.77. The van der Waals surface area contributed by atoms with Crippen LogP contribution in [0.5, 0.6) is 23.0 Å². The van der Waals surface area contributed by atoms with Crippen LogP contribution in [-0.2, 0) is 9.47 Å². The molecule has 0 radical (unpaired) electrons. The van der Waals surface area contributed by atoms with Crippen molar-refractivity contribution in [1.29, 1.82) is 0 Å². The fourth-order valence-corrected chi connectivity index (χ4v) is 5.44.